The highest BCUT2D eigenvalue weighted by molar-refractivity contribution is 6.30. The third kappa shape index (κ3) is 1.99. The lowest BCUT2D eigenvalue weighted by Gasteiger charge is -2.21. The Bertz CT molecular complexity index is 376. The molecule has 0 saturated heterocycles. The first-order valence-corrected chi connectivity index (χ1v) is 5.01. The number of hydrogen-bond acceptors (Lipinski definition) is 1. The Morgan fingerprint density at radius 3 is 2.50 bits per heavy atom. The third-order valence-corrected chi connectivity index (χ3v) is 2.54. The van der Waals surface area contributed by atoms with E-state index < -0.39 is 0 Å². The van der Waals surface area contributed by atoms with Crippen molar-refractivity contribution in [3.05, 3.63) is 53.2 Å². The summed E-state index contributed by atoms with van der Waals surface area (Å²) in [4.78, 5) is 2.18. The average Bonchev–Trinajstić information content (AvgIpc) is 2.21. The standard InChI is InChI=1S/C12H12ClN/c1-10-6-8-14(9-7-10)12-4-2-11(13)3-5-12/h2-8H,9H2,1H3. The van der Waals surface area contributed by atoms with Gasteiger partial charge in [-0.15, -0.1) is 0 Å². The first kappa shape index (κ1) is 9.35. The average molecular weight is 206 g/mol. The summed E-state index contributed by atoms with van der Waals surface area (Å²) < 4.78 is 0. The van der Waals surface area contributed by atoms with Crippen molar-refractivity contribution in [3.63, 3.8) is 0 Å². The fourth-order valence-corrected chi connectivity index (χ4v) is 1.53. The summed E-state index contributed by atoms with van der Waals surface area (Å²) in [6.07, 6.45) is 6.41. The van der Waals surface area contributed by atoms with Gasteiger partial charge in [0.15, 0.2) is 0 Å². The Morgan fingerprint density at radius 1 is 1.21 bits per heavy atom. The zero-order valence-corrected chi connectivity index (χ0v) is 8.83. The number of nitrogens with zero attached hydrogens (tertiary/aromatic N) is 1. The van der Waals surface area contributed by atoms with Gasteiger partial charge in [0.25, 0.3) is 0 Å². The predicted octanol–water partition coefficient (Wildman–Crippen LogP) is 3.62. The molecule has 0 fully saturated rings. The van der Waals surface area contributed by atoms with Crippen molar-refractivity contribution in [2.75, 3.05) is 11.4 Å². The highest BCUT2D eigenvalue weighted by atomic mass is 35.5. The monoisotopic (exact) mass is 205 g/mol. The van der Waals surface area contributed by atoms with Crippen molar-refractivity contribution in [1.82, 2.24) is 0 Å². The van der Waals surface area contributed by atoms with E-state index in [1.807, 2.05) is 24.3 Å². The maximum absolute atomic E-state index is 5.83. The van der Waals surface area contributed by atoms with Gasteiger partial charge in [0.05, 0.1) is 0 Å². The molecule has 0 bridgehead atoms. The molecule has 1 nitrogen and oxygen atoms in total. The molecule has 0 saturated carbocycles. The van der Waals surface area contributed by atoms with Crippen LogP contribution in [0.2, 0.25) is 5.02 Å². The fraction of sp³-hybridized carbons (Fsp3) is 0.167. The molecule has 2 heteroatoms. The maximum atomic E-state index is 5.83. The van der Waals surface area contributed by atoms with Crippen molar-refractivity contribution in [3.8, 4) is 0 Å². The number of anilines is 1. The van der Waals surface area contributed by atoms with Gasteiger partial charge in [-0.3, -0.25) is 0 Å². The van der Waals surface area contributed by atoms with Crippen LogP contribution in [-0.4, -0.2) is 6.54 Å². The highest BCUT2D eigenvalue weighted by Gasteiger charge is 2.04. The first-order valence-electron chi connectivity index (χ1n) is 4.63. The Hall–Kier alpha value is -1.21. The van der Waals surface area contributed by atoms with Gasteiger partial charge in [0.2, 0.25) is 0 Å². The second-order valence-corrected chi connectivity index (χ2v) is 3.83. The molecule has 2 rings (SSSR count). The minimum atomic E-state index is 0.779. The van der Waals surface area contributed by atoms with E-state index in [0.717, 1.165) is 11.6 Å². The lowest BCUT2D eigenvalue weighted by atomic mass is 10.2. The van der Waals surface area contributed by atoms with Crippen molar-refractivity contribution in [2.24, 2.45) is 0 Å². The van der Waals surface area contributed by atoms with E-state index in [4.69, 9.17) is 11.6 Å². The van der Waals surface area contributed by atoms with Gasteiger partial charge in [0.1, 0.15) is 0 Å². The van der Waals surface area contributed by atoms with E-state index in [1.54, 1.807) is 0 Å². The second kappa shape index (κ2) is 3.89. The van der Waals surface area contributed by atoms with Gasteiger partial charge < -0.3 is 4.90 Å². The Morgan fingerprint density at radius 2 is 1.93 bits per heavy atom. The molecule has 0 aliphatic carbocycles. The first-order chi connectivity index (χ1) is 6.75. The van der Waals surface area contributed by atoms with Crippen molar-refractivity contribution in [1.29, 1.82) is 0 Å². The summed E-state index contributed by atoms with van der Waals surface area (Å²) in [5, 5.41) is 0.779. The van der Waals surface area contributed by atoms with E-state index in [1.165, 1.54) is 11.3 Å². The zero-order chi connectivity index (χ0) is 9.97. The molecule has 0 atom stereocenters. The van der Waals surface area contributed by atoms with Crippen LogP contribution in [0.5, 0.6) is 0 Å². The lowest BCUT2D eigenvalue weighted by Crippen LogP contribution is -2.18. The zero-order valence-electron chi connectivity index (χ0n) is 8.07. The highest BCUT2D eigenvalue weighted by Crippen LogP contribution is 2.20. The van der Waals surface area contributed by atoms with Crippen LogP contribution in [0.1, 0.15) is 6.92 Å². The molecule has 0 radical (unpaired) electrons. The molecule has 0 aromatic heterocycles. The molecule has 1 aromatic carbocycles. The molecule has 0 N–H and O–H groups in total. The molecule has 72 valence electrons. The van der Waals surface area contributed by atoms with Gasteiger partial charge in [-0.2, -0.15) is 0 Å². The fourth-order valence-electron chi connectivity index (χ4n) is 1.40. The van der Waals surface area contributed by atoms with E-state index >= 15 is 0 Å². The summed E-state index contributed by atoms with van der Waals surface area (Å²) in [6, 6.07) is 7.88. The van der Waals surface area contributed by atoms with E-state index in [2.05, 4.69) is 30.2 Å². The van der Waals surface area contributed by atoms with Crippen LogP contribution in [0, 0.1) is 0 Å². The predicted molar refractivity (Wildman–Crippen MR) is 61.7 cm³/mol. The molecule has 0 spiro atoms. The summed E-state index contributed by atoms with van der Waals surface area (Å²) >= 11 is 5.83. The number of hydrogen-bond donors (Lipinski definition) is 0. The summed E-state index contributed by atoms with van der Waals surface area (Å²) in [6.45, 7) is 3.04. The van der Waals surface area contributed by atoms with E-state index in [9.17, 15) is 0 Å². The van der Waals surface area contributed by atoms with E-state index in [0.29, 0.717) is 0 Å². The summed E-state index contributed by atoms with van der Waals surface area (Å²) in [5.74, 6) is 0. The van der Waals surface area contributed by atoms with Gasteiger partial charge in [0, 0.05) is 23.5 Å². The van der Waals surface area contributed by atoms with Gasteiger partial charge >= 0.3 is 0 Å². The van der Waals surface area contributed by atoms with Crippen molar-refractivity contribution < 1.29 is 0 Å². The Kier molecular flexibility index (Phi) is 2.60. The maximum Gasteiger partial charge on any atom is 0.0411 e. The molecule has 1 aliphatic heterocycles. The quantitative estimate of drug-likeness (QED) is 0.677. The molecular formula is C12H12ClN. The normalized spacial score (nSPS) is 15.6. The van der Waals surface area contributed by atoms with Crippen LogP contribution in [-0.2, 0) is 0 Å². The number of halogens is 1. The minimum absolute atomic E-state index is 0.779. The van der Waals surface area contributed by atoms with Crippen LogP contribution in [0.3, 0.4) is 0 Å². The number of benzene rings is 1. The van der Waals surface area contributed by atoms with E-state index in [-0.39, 0.29) is 0 Å². The van der Waals surface area contributed by atoms with Gasteiger partial charge in [-0.1, -0.05) is 23.3 Å². The Balaban J connectivity index is 2.18. The van der Waals surface area contributed by atoms with Gasteiger partial charge in [-0.25, -0.2) is 0 Å². The van der Waals surface area contributed by atoms with Crippen LogP contribution in [0.25, 0.3) is 0 Å². The van der Waals surface area contributed by atoms with Crippen molar-refractivity contribution >= 4 is 17.3 Å². The molecular weight excluding hydrogens is 194 g/mol. The van der Waals surface area contributed by atoms with Crippen LogP contribution in [0.4, 0.5) is 5.69 Å². The molecule has 1 heterocycles. The molecule has 14 heavy (non-hydrogen) atoms. The number of allylic oxidation sites excluding steroid dienone is 2. The second-order valence-electron chi connectivity index (χ2n) is 3.39. The van der Waals surface area contributed by atoms with Crippen LogP contribution in [0.15, 0.2) is 48.2 Å². The lowest BCUT2D eigenvalue weighted by molar-refractivity contribution is 1.06. The smallest absolute Gasteiger partial charge is 0.0411 e. The molecule has 0 unspecified atom stereocenters. The third-order valence-electron chi connectivity index (χ3n) is 2.29. The Labute approximate surface area is 89.3 Å². The summed E-state index contributed by atoms with van der Waals surface area (Å²) in [7, 11) is 0. The van der Waals surface area contributed by atoms with Gasteiger partial charge in [-0.05, 0) is 37.3 Å². The minimum Gasteiger partial charge on any atom is -0.344 e. The largest absolute Gasteiger partial charge is 0.344 e. The van der Waals surface area contributed by atoms with Crippen molar-refractivity contribution in [2.45, 2.75) is 6.92 Å². The molecule has 1 aliphatic rings. The van der Waals surface area contributed by atoms with Crippen LogP contribution >= 0.6 is 11.6 Å². The number of rotatable bonds is 1. The summed E-state index contributed by atoms with van der Waals surface area (Å²) in [5.41, 5.74) is 2.49. The SMILES string of the molecule is CC1=CCN(c2ccc(Cl)cc2)C=C1. The molecule has 0 amide bonds. The molecule has 1 aromatic rings. The van der Waals surface area contributed by atoms with Crippen LogP contribution < -0.4 is 4.90 Å². The topological polar surface area (TPSA) is 3.24 Å².